The van der Waals surface area contributed by atoms with Gasteiger partial charge in [-0.2, -0.15) is 9.40 Å². The third-order valence-corrected chi connectivity index (χ3v) is 4.27. The quantitative estimate of drug-likeness (QED) is 0.770. The summed E-state index contributed by atoms with van der Waals surface area (Å²) in [6.07, 6.45) is 3.66. The van der Waals surface area contributed by atoms with Crippen LogP contribution >= 0.6 is 0 Å². The molecule has 0 bridgehead atoms. The van der Waals surface area contributed by atoms with Gasteiger partial charge in [-0.25, -0.2) is 8.42 Å². The molecule has 0 amide bonds. The van der Waals surface area contributed by atoms with Crippen molar-refractivity contribution < 1.29 is 13.2 Å². The van der Waals surface area contributed by atoms with Crippen LogP contribution in [0, 0.1) is 0 Å². The molecule has 1 aromatic heterocycles. The Balaban J connectivity index is 2.30. The number of hydrogen-bond acceptors (Lipinski definition) is 4. The van der Waals surface area contributed by atoms with Gasteiger partial charge in [0.15, 0.2) is 0 Å². The Kier molecular flexibility index (Phi) is 3.50. The fourth-order valence-electron chi connectivity index (χ4n) is 2.15. The van der Waals surface area contributed by atoms with E-state index in [0.29, 0.717) is 13.2 Å². The van der Waals surface area contributed by atoms with E-state index in [9.17, 15) is 8.42 Å². The lowest BCUT2D eigenvalue weighted by Crippen LogP contribution is -2.41. The van der Waals surface area contributed by atoms with E-state index in [-0.39, 0.29) is 6.04 Å². The van der Waals surface area contributed by atoms with Gasteiger partial charge in [-0.05, 0) is 12.5 Å². The molecule has 6 nitrogen and oxygen atoms in total. The van der Waals surface area contributed by atoms with Gasteiger partial charge in [-0.3, -0.25) is 4.68 Å². The van der Waals surface area contributed by atoms with Crippen LogP contribution in [0.25, 0.3) is 0 Å². The molecular weight excluding hydrogens is 242 g/mol. The normalized spacial score (nSPS) is 22.1. The highest BCUT2D eigenvalue weighted by atomic mass is 32.2. The Bertz CT molecular complexity index is 483. The molecule has 1 atom stereocenters. The van der Waals surface area contributed by atoms with Crippen molar-refractivity contribution in [3.63, 3.8) is 0 Å². The first-order chi connectivity index (χ1) is 8.02. The van der Waals surface area contributed by atoms with E-state index in [1.807, 2.05) is 10.7 Å². The maximum Gasteiger partial charge on any atom is 0.211 e. The monoisotopic (exact) mass is 259 g/mol. The number of methoxy groups -OCH3 is 1. The maximum atomic E-state index is 11.8. The lowest BCUT2D eigenvalue weighted by molar-refractivity contribution is 0.127. The molecule has 0 radical (unpaired) electrons. The SMILES string of the molecule is COC[C@H]1CCn2nccc2CN1S(C)(=O)=O. The van der Waals surface area contributed by atoms with Crippen LogP contribution in [0.3, 0.4) is 0 Å². The fraction of sp³-hybridized carbons (Fsp3) is 0.700. The lowest BCUT2D eigenvalue weighted by atomic mass is 10.2. The van der Waals surface area contributed by atoms with Gasteiger partial charge in [0.1, 0.15) is 0 Å². The molecule has 0 aliphatic carbocycles. The van der Waals surface area contributed by atoms with Gasteiger partial charge in [0.05, 0.1) is 31.1 Å². The zero-order valence-electron chi connectivity index (χ0n) is 10.0. The van der Waals surface area contributed by atoms with Crippen LogP contribution in [0.2, 0.25) is 0 Å². The van der Waals surface area contributed by atoms with Crippen molar-refractivity contribution in [2.24, 2.45) is 0 Å². The minimum absolute atomic E-state index is 0.114. The van der Waals surface area contributed by atoms with Crippen molar-refractivity contribution in [2.45, 2.75) is 25.6 Å². The van der Waals surface area contributed by atoms with Crippen LogP contribution in [-0.4, -0.2) is 48.5 Å². The number of ether oxygens (including phenoxy) is 1. The number of aromatic nitrogens is 2. The molecule has 1 aliphatic rings. The number of sulfonamides is 1. The molecule has 0 saturated carbocycles. The maximum absolute atomic E-state index is 11.8. The Morgan fingerprint density at radius 2 is 2.35 bits per heavy atom. The number of fused-ring (bicyclic) bond motifs is 1. The molecular formula is C10H17N3O3S. The standard InChI is InChI=1S/C10H17N3O3S/c1-16-8-10-4-6-12-9(3-5-11-12)7-13(10)17(2,14)15/h3,5,10H,4,6-8H2,1-2H3/t10-/m1/s1. The van der Waals surface area contributed by atoms with Crippen LogP contribution in [0.15, 0.2) is 12.3 Å². The first kappa shape index (κ1) is 12.5. The highest BCUT2D eigenvalue weighted by Gasteiger charge is 2.30. The van der Waals surface area contributed by atoms with Gasteiger partial charge in [0.2, 0.25) is 10.0 Å². The van der Waals surface area contributed by atoms with Crippen LogP contribution in [0.1, 0.15) is 12.1 Å². The summed E-state index contributed by atoms with van der Waals surface area (Å²) in [6, 6.07) is 1.74. The Labute approximate surface area is 101 Å². The molecule has 0 saturated heterocycles. The summed E-state index contributed by atoms with van der Waals surface area (Å²) in [5.41, 5.74) is 0.925. The minimum atomic E-state index is -3.23. The first-order valence-electron chi connectivity index (χ1n) is 5.49. The summed E-state index contributed by atoms with van der Waals surface area (Å²) in [4.78, 5) is 0. The molecule has 0 fully saturated rings. The molecule has 96 valence electrons. The molecule has 1 aliphatic heterocycles. The van der Waals surface area contributed by atoms with Crippen LogP contribution in [-0.2, 0) is 27.8 Å². The average Bonchev–Trinajstić information content (AvgIpc) is 2.60. The van der Waals surface area contributed by atoms with Crippen LogP contribution in [0.5, 0.6) is 0 Å². The summed E-state index contributed by atoms with van der Waals surface area (Å²) in [5, 5.41) is 4.18. The second-order valence-corrected chi connectivity index (χ2v) is 6.19. The van der Waals surface area contributed by atoms with Gasteiger partial charge in [-0.1, -0.05) is 0 Å². The first-order valence-corrected chi connectivity index (χ1v) is 7.33. The number of rotatable bonds is 3. The Hall–Kier alpha value is -0.920. The molecule has 0 aromatic carbocycles. The summed E-state index contributed by atoms with van der Waals surface area (Å²) in [6.45, 7) is 1.51. The zero-order valence-corrected chi connectivity index (χ0v) is 10.9. The Morgan fingerprint density at radius 3 is 3.00 bits per heavy atom. The molecule has 0 spiro atoms. The summed E-state index contributed by atoms with van der Waals surface area (Å²) in [7, 11) is -1.64. The minimum Gasteiger partial charge on any atom is -0.383 e. The predicted molar refractivity (Wildman–Crippen MR) is 62.9 cm³/mol. The molecule has 2 heterocycles. The van der Waals surface area contributed by atoms with E-state index in [1.54, 1.807) is 13.3 Å². The summed E-state index contributed by atoms with van der Waals surface area (Å²) >= 11 is 0. The fourth-order valence-corrected chi connectivity index (χ4v) is 3.22. The van der Waals surface area contributed by atoms with Crippen molar-refractivity contribution in [3.8, 4) is 0 Å². The van der Waals surface area contributed by atoms with Crippen LogP contribution in [0.4, 0.5) is 0 Å². The second kappa shape index (κ2) is 4.75. The van der Waals surface area contributed by atoms with E-state index in [1.165, 1.54) is 10.6 Å². The van der Waals surface area contributed by atoms with Gasteiger partial charge in [0.25, 0.3) is 0 Å². The summed E-state index contributed by atoms with van der Waals surface area (Å²) in [5.74, 6) is 0. The molecule has 0 unspecified atom stereocenters. The van der Waals surface area contributed by atoms with Gasteiger partial charge in [-0.15, -0.1) is 0 Å². The molecule has 1 aromatic rings. The largest absolute Gasteiger partial charge is 0.383 e. The summed E-state index contributed by atoms with van der Waals surface area (Å²) < 4.78 is 32.0. The van der Waals surface area contributed by atoms with Crippen molar-refractivity contribution in [1.82, 2.24) is 14.1 Å². The third-order valence-electron chi connectivity index (χ3n) is 2.99. The highest BCUT2D eigenvalue weighted by molar-refractivity contribution is 7.88. The van der Waals surface area contributed by atoms with E-state index in [4.69, 9.17) is 4.74 Å². The van der Waals surface area contributed by atoms with Crippen LogP contribution < -0.4 is 0 Å². The number of aryl methyl sites for hydroxylation is 1. The molecule has 0 N–H and O–H groups in total. The number of hydrogen-bond donors (Lipinski definition) is 0. The molecule has 17 heavy (non-hydrogen) atoms. The van der Waals surface area contributed by atoms with E-state index >= 15 is 0 Å². The van der Waals surface area contributed by atoms with Crippen molar-refractivity contribution in [2.75, 3.05) is 20.0 Å². The zero-order chi connectivity index (χ0) is 12.5. The Morgan fingerprint density at radius 1 is 1.59 bits per heavy atom. The lowest BCUT2D eigenvalue weighted by Gasteiger charge is -2.26. The number of nitrogens with zero attached hydrogens (tertiary/aromatic N) is 3. The third kappa shape index (κ3) is 2.67. The highest BCUT2D eigenvalue weighted by Crippen LogP contribution is 2.19. The van der Waals surface area contributed by atoms with Crippen molar-refractivity contribution in [1.29, 1.82) is 0 Å². The van der Waals surface area contributed by atoms with Gasteiger partial charge in [0, 0.05) is 19.9 Å². The topological polar surface area (TPSA) is 64.4 Å². The molecule has 2 rings (SSSR count). The van der Waals surface area contributed by atoms with Crippen molar-refractivity contribution in [3.05, 3.63) is 18.0 Å². The van der Waals surface area contributed by atoms with Gasteiger partial charge >= 0.3 is 0 Å². The van der Waals surface area contributed by atoms with Gasteiger partial charge < -0.3 is 4.74 Å². The molecule has 7 heteroatoms. The second-order valence-electron chi connectivity index (χ2n) is 4.25. The van der Waals surface area contributed by atoms with Crippen molar-refractivity contribution >= 4 is 10.0 Å². The van der Waals surface area contributed by atoms with E-state index in [2.05, 4.69) is 5.10 Å². The van der Waals surface area contributed by atoms with E-state index < -0.39 is 10.0 Å². The average molecular weight is 259 g/mol. The smallest absolute Gasteiger partial charge is 0.211 e. The van der Waals surface area contributed by atoms with E-state index in [0.717, 1.165) is 18.7 Å². The predicted octanol–water partition coefficient (Wildman–Crippen LogP) is 0.0634.